The fourth-order valence-electron chi connectivity index (χ4n) is 4.95. The molecule has 0 saturated heterocycles. The molecule has 0 aliphatic carbocycles. The summed E-state index contributed by atoms with van der Waals surface area (Å²) >= 11 is 0. The number of rotatable bonds is 10. The van der Waals surface area contributed by atoms with Gasteiger partial charge in [0, 0.05) is 24.0 Å². The number of aromatic nitrogens is 1. The van der Waals surface area contributed by atoms with Gasteiger partial charge in [-0.25, -0.2) is 0 Å². The molecule has 3 amide bonds. The second-order valence-electron chi connectivity index (χ2n) is 9.88. The topological polar surface area (TPSA) is 196 Å². The zero-order valence-electron chi connectivity index (χ0n) is 22.6. The number of hydrogen-bond donors (Lipinski definition) is 7. The van der Waals surface area contributed by atoms with Crippen molar-refractivity contribution in [1.82, 2.24) is 15.6 Å². The molecule has 1 unspecified atom stereocenters. The molecule has 3 aromatic rings. The second-order valence-corrected chi connectivity index (χ2v) is 9.88. The quantitative estimate of drug-likeness (QED) is 0.124. The summed E-state index contributed by atoms with van der Waals surface area (Å²) in [5.41, 5.74) is 3.30. The molecule has 0 bridgehead atoms. The van der Waals surface area contributed by atoms with E-state index in [0.717, 1.165) is 21.5 Å². The van der Waals surface area contributed by atoms with E-state index in [1.165, 1.54) is 4.90 Å². The third-order valence-electron chi connectivity index (χ3n) is 7.12. The minimum atomic E-state index is -1.84. The lowest BCUT2D eigenvalue weighted by atomic mass is 10.1. The van der Waals surface area contributed by atoms with E-state index in [1.54, 1.807) is 36.4 Å². The molecule has 3 atom stereocenters. The summed E-state index contributed by atoms with van der Waals surface area (Å²) in [4.78, 5) is 57.4. The molecule has 2 heterocycles. The van der Waals surface area contributed by atoms with Crippen LogP contribution >= 0.6 is 0 Å². The second kappa shape index (κ2) is 12.5. The molecule has 7 N–H and O–H groups in total. The lowest BCUT2D eigenvalue weighted by Crippen LogP contribution is -2.55. The van der Waals surface area contributed by atoms with Crippen molar-refractivity contribution in [3.05, 3.63) is 59.3 Å². The largest absolute Gasteiger partial charge is 0.392 e. The Balaban J connectivity index is 1.69. The van der Waals surface area contributed by atoms with Crippen molar-refractivity contribution in [2.24, 2.45) is 0 Å². The Labute approximate surface area is 235 Å². The summed E-state index contributed by atoms with van der Waals surface area (Å²) in [6, 6.07) is 9.15. The van der Waals surface area contributed by atoms with Crippen LogP contribution in [0, 0.1) is 13.8 Å². The minimum absolute atomic E-state index is 0.222. The number of benzene rings is 2. The van der Waals surface area contributed by atoms with Crippen LogP contribution in [0.4, 0.5) is 11.4 Å². The fourth-order valence-corrected chi connectivity index (χ4v) is 4.95. The van der Waals surface area contributed by atoms with Crippen molar-refractivity contribution in [2.75, 3.05) is 29.5 Å². The molecule has 13 nitrogen and oxygen atoms in total. The van der Waals surface area contributed by atoms with Crippen molar-refractivity contribution in [3.63, 3.8) is 0 Å². The Bertz CT molecular complexity index is 1450. The van der Waals surface area contributed by atoms with E-state index >= 15 is 0 Å². The van der Waals surface area contributed by atoms with E-state index in [2.05, 4.69) is 15.6 Å². The van der Waals surface area contributed by atoms with Gasteiger partial charge in [-0.2, -0.15) is 0 Å². The molecule has 0 saturated carbocycles. The number of carbonyl (C=O) groups is 4. The van der Waals surface area contributed by atoms with Gasteiger partial charge in [-0.15, -0.1) is 0 Å². The van der Waals surface area contributed by atoms with Gasteiger partial charge < -0.3 is 45.7 Å². The number of fused-ring (bicyclic) bond motifs is 2. The number of aldehydes is 1. The predicted octanol–water partition coefficient (Wildman–Crippen LogP) is -0.568. The number of H-pyrrole nitrogens is 1. The SMILES string of the molecule is Cc1[nH]c2c(C(=O)N[C@H]3CN(C(O)CO)c4ccccc4N(CC(=O)N[C@H](C=O)CC(O)O)C3=O)cccc2c1C. The Morgan fingerprint density at radius 3 is 2.46 bits per heavy atom. The number of aliphatic hydroxyl groups is 4. The molecule has 218 valence electrons. The normalized spacial score (nSPS) is 16.8. The van der Waals surface area contributed by atoms with Gasteiger partial charge in [-0.3, -0.25) is 19.3 Å². The highest BCUT2D eigenvalue weighted by Crippen LogP contribution is 2.34. The lowest BCUT2D eigenvalue weighted by Gasteiger charge is -2.30. The summed E-state index contributed by atoms with van der Waals surface area (Å²) in [6.45, 7) is 2.33. The third kappa shape index (κ3) is 6.23. The van der Waals surface area contributed by atoms with E-state index in [1.807, 2.05) is 19.9 Å². The van der Waals surface area contributed by atoms with Crippen molar-refractivity contribution in [2.45, 2.75) is 44.9 Å². The number of aliphatic hydroxyl groups excluding tert-OH is 3. The summed E-state index contributed by atoms with van der Waals surface area (Å²) in [5.74, 6) is -2.01. The zero-order valence-corrected chi connectivity index (χ0v) is 22.6. The van der Waals surface area contributed by atoms with Crippen LogP contribution in [0.1, 0.15) is 28.0 Å². The van der Waals surface area contributed by atoms with Crippen molar-refractivity contribution < 1.29 is 39.6 Å². The number of nitrogens with zero attached hydrogens (tertiary/aromatic N) is 2. The summed E-state index contributed by atoms with van der Waals surface area (Å²) in [7, 11) is 0. The Morgan fingerprint density at radius 1 is 1.10 bits per heavy atom. The van der Waals surface area contributed by atoms with Crippen LogP contribution in [0.5, 0.6) is 0 Å². The standard InChI is InChI=1S/C28H33N5O8/c1-15-16(2)29-26-18(15)6-5-7-19(26)27(40)31-20-11-32(24(37)14-35)21-8-3-4-9-22(21)33(28(20)41)12-23(36)30-17(13-34)10-25(38)39/h3-9,13,17,20,24-25,29,35,37-39H,10-12,14H2,1-2H3,(H,30,36)(H,31,40)/t17-,20-,24?/m0/s1. The van der Waals surface area contributed by atoms with Gasteiger partial charge in [0.25, 0.3) is 11.8 Å². The maximum Gasteiger partial charge on any atom is 0.254 e. The predicted molar refractivity (Wildman–Crippen MR) is 149 cm³/mol. The van der Waals surface area contributed by atoms with Gasteiger partial charge in [0.1, 0.15) is 25.1 Å². The first-order valence-electron chi connectivity index (χ1n) is 13.0. The number of para-hydroxylation sites is 3. The summed E-state index contributed by atoms with van der Waals surface area (Å²) in [6.07, 6.45) is -3.36. The molecule has 41 heavy (non-hydrogen) atoms. The minimum Gasteiger partial charge on any atom is -0.392 e. The highest BCUT2D eigenvalue weighted by Gasteiger charge is 2.38. The van der Waals surface area contributed by atoms with Gasteiger partial charge in [-0.1, -0.05) is 24.3 Å². The molecule has 0 spiro atoms. The number of aromatic amines is 1. The Morgan fingerprint density at radius 2 is 1.80 bits per heavy atom. The average Bonchev–Trinajstić information content (AvgIpc) is 3.19. The van der Waals surface area contributed by atoms with Crippen LogP contribution in [0.15, 0.2) is 42.5 Å². The maximum atomic E-state index is 13.9. The number of hydrogen-bond acceptors (Lipinski definition) is 9. The number of carbonyl (C=O) groups excluding carboxylic acids is 4. The van der Waals surface area contributed by atoms with E-state index in [0.29, 0.717) is 23.1 Å². The van der Waals surface area contributed by atoms with Crippen LogP contribution in [0.3, 0.4) is 0 Å². The fraction of sp³-hybridized carbons (Fsp3) is 0.357. The van der Waals surface area contributed by atoms with Crippen molar-refractivity contribution in [3.8, 4) is 0 Å². The van der Waals surface area contributed by atoms with E-state index < -0.39 is 61.9 Å². The molecule has 2 aromatic carbocycles. The van der Waals surface area contributed by atoms with E-state index in [9.17, 15) is 39.6 Å². The molecule has 1 aliphatic heterocycles. The molecule has 0 radical (unpaired) electrons. The first-order valence-corrected chi connectivity index (χ1v) is 13.0. The van der Waals surface area contributed by atoms with Crippen LogP contribution in [0.25, 0.3) is 10.9 Å². The van der Waals surface area contributed by atoms with Crippen LogP contribution in [-0.2, 0) is 14.4 Å². The molecule has 13 heteroatoms. The third-order valence-corrected chi connectivity index (χ3v) is 7.12. The first kappa shape index (κ1) is 29.7. The maximum absolute atomic E-state index is 13.9. The number of aryl methyl sites for hydroxylation is 2. The van der Waals surface area contributed by atoms with Gasteiger partial charge in [0.05, 0.1) is 35.1 Å². The lowest BCUT2D eigenvalue weighted by molar-refractivity contribution is -0.127. The number of nitrogens with one attached hydrogen (secondary N) is 3. The van der Waals surface area contributed by atoms with E-state index in [4.69, 9.17) is 0 Å². The van der Waals surface area contributed by atoms with Crippen LogP contribution < -0.4 is 20.4 Å². The van der Waals surface area contributed by atoms with Crippen molar-refractivity contribution >= 4 is 46.3 Å². The molecule has 0 fully saturated rings. The van der Waals surface area contributed by atoms with Crippen LogP contribution in [-0.4, -0.2) is 93.7 Å². The van der Waals surface area contributed by atoms with Crippen LogP contribution in [0.2, 0.25) is 0 Å². The van der Waals surface area contributed by atoms with E-state index in [-0.39, 0.29) is 12.2 Å². The number of anilines is 2. The highest BCUT2D eigenvalue weighted by molar-refractivity contribution is 6.11. The molecule has 1 aromatic heterocycles. The van der Waals surface area contributed by atoms with Gasteiger partial charge >= 0.3 is 0 Å². The summed E-state index contributed by atoms with van der Waals surface area (Å²) < 4.78 is 0. The zero-order chi connectivity index (χ0) is 29.8. The van der Waals surface area contributed by atoms with Crippen molar-refractivity contribution in [1.29, 1.82) is 0 Å². The highest BCUT2D eigenvalue weighted by atomic mass is 16.5. The smallest absolute Gasteiger partial charge is 0.254 e. The monoisotopic (exact) mass is 567 g/mol. The van der Waals surface area contributed by atoms with Gasteiger partial charge in [-0.05, 0) is 37.6 Å². The Kier molecular flexibility index (Phi) is 9.03. The molecule has 4 rings (SSSR count). The average molecular weight is 568 g/mol. The number of amides is 3. The first-order chi connectivity index (χ1) is 19.5. The molecular formula is C28H33N5O8. The molecular weight excluding hydrogens is 534 g/mol. The van der Waals surface area contributed by atoms with Gasteiger partial charge in [0.15, 0.2) is 6.29 Å². The summed E-state index contributed by atoms with van der Waals surface area (Å²) in [5, 5.41) is 44.7. The Hall–Kier alpha value is -4.30. The molecule has 1 aliphatic rings. The van der Waals surface area contributed by atoms with Gasteiger partial charge in [0.2, 0.25) is 5.91 Å².